The van der Waals surface area contributed by atoms with E-state index >= 15 is 0 Å². The van der Waals surface area contributed by atoms with Gasteiger partial charge < -0.3 is 0 Å². The Bertz CT molecular complexity index is 205. The van der Waals surface area contributed by atoms with Crippen molar-refractivity contribution in [2.24, 2.45) is 0 Å². The minimum Gasteiger partial charge on any atom is -0.0758 e. The van der Waals surface area contributed by atoms with Gasteiger partial charge in [-0.3, -0.25) is 0 Å². The molecule has 0 bridgehead atoms. The zero-order valence-corrected chi connectivity index (χ0v) is 9.15. The monoisotopic (exact) mass is 164 g/mol. The molecule has 0 nitrogen and oxygen atoms in total. The molecule has 0 aliphatic heterocycles. The zero-order chi connectivity index (χ0) is 9.72. The van der Waals surface area contributed by atoms with Crippen molar-refractivity contribution in [2.45, 2.75) is 41.5 Å². The second-order valence-corrected chi connectivity index (χ2v) is 3.90. The molecule has 0 aromatic rings. The quantitative estimate of drug-likeness (QED) is 0.535. The van der Waals surface area contributed by atoms with Crippen molar-refractivity contribution in [3.8, 4) is 0 Å². The maximum absolute atomic E-state index is 2.22. The largest absolute Gasteiger partial charge is 0.0758 e. The summed E-state index contributed by atoms with van der Waals surface area (Å²) in [5.74, 6) is 0. The van der Waals surface area contributed by atoms with Gasteiger partial charge in [-0.25, -0.2) is 0 Å². The van der Waals surface area contributed by atoms with Crippen molar-refractivity contribution in [3.63, 3.8) is 0 Å². The van der Waals surface area contributed by atoms with Gasteiger partial charge in [0, 0.05) is 0 Å². The van der Waals surface area contributed by atoms with Crippen LogP contribution in [0.2, 0.25) is 0 Å². The van der Waals surface area contributed by atoms with Crippen LogP contribution < -0.4 is 0 Å². The molecule has 0 rings (SSSR count). The fourth-order valence-corrected chi connectivity index (χ4v) is 0.952. The van der Waals surface area contributed by atoms with Crippen molar-refractivity contribution in [3.05, 3.63) is 34.4 Å². The highest BCUT2D eigenvalue weighted by Gasteiger charge is 1.91. The van der Waals surface area contributed by atoms with Gasteiger partial charge in [-0.05, 0) is 47.1 Å². The Morgan fingerprint density at radius 2 is 1.00 bits per heavy atom. The molecule has 0 saturated carbocycles. The molecule has 0 aromatic carbocycles. The van der Waals surface area contributed by atoms with Crippen LogP contribution >= 0.6 is 0 Å². The molecule has 0 unspecified atom stereocenters. The third kappa shape index (κ3) is 4.95. The van der Waals surface area contributed by atoms with Crippen LogP contribution in [0.4, 0.5) is 0 Å². The van der Waals surface area contributed by atoms with E-state index in [-0.39, 0.29) is 0 Å². The van der Waals surface area contributed by atoms with Gasteiger partial charge in [-0.15, -0.1) is 0 Å². The SMILES string of the molecule is CC(C)=CC(C=C(C)C)=C(C)C. The summed E-state index contributed by atoms with van der Waals surface area (Å²) in [6.07, 6.45) is 4.45. The third-order valence-corrected chi connectivity index (χ3v) is 1.47. The van der Waals surface area contributed by atoms with Crippen LogP contribution in [0.1, 0.15) is 41.5 Å². The molecule has 0 aliphatic rings. The standard InChI is InChI=1S/C12H20/c1-9(2)7-12(11(5)6)8-10(3)4/h7-8H,1-6H3. The Hall–Kier alpha value is -0.780. The molecule has 0 spiro atoms. The van der Waals surface area contributed by atoms with Gasteiger partial charge in [-0.1, -0.05) is 28.9 Å². The lowest BCUT2D eigenvalue weighted by Crippen LogP contribution is -1.80. The van der Waals surface area contributed by atoms with Crippen molar-refractivity contribution in [1.82, 2.24) is 0 Å². The molecule has 0 aliphatic carbocycles. The zero-order valence-electron chi connectivity index (χ0n) is 9.15. The fourth-order valence-electron chi connectivity index (χ4n) is 0.952. The van der Waals surface area contributed by atoms with Crippen LogP contribution in [0.5, 0.6) is 0 Å². The van der Waals surface area contributed by atoms with Crippen LogP contribution in [0.3, 0.4) is 0 Å². The van der Waals surface area contributed by atoms with Crippen LogP contribution in [-0.2, 0) is 0 Å². The van der Waals surface area contributed by atoms with Crippen molar-refractivity contribution in [1.29, 1.82) is 0 Å². The van der Waals surface area contributed by atoms with E-state index in [2.05, 4.69) is 53.7 Å². The summed E-state index contributed by atoms with van der Waals surface area (Å²) in [7, 11) is 0. The van der Waals surface area contributed by atoms with E-state index in [1.807, 2.05) is 0 Å². The minimum atomic E-state index is 1.34. The van der Waals surface area contributed by atoms with Crippen molar-refractivity contribution < 1.29 is 0 Å². The van der Waals surface area contributed by atoms with E-state index < -0.39 is 0 Å². The third-order valence-electron chi connectivity index (χ3n) is 1.47. The summed E-state index contributed by atoms with van der Waals surface area (Å²) in [5.41, 5.74) is 5.42. The first-order valence-electron chi connectivity index (χ1n) is 4.40. The molecule has 0 atom stereocenters. The number of allylic oxidation sites excluding steroid dienone is 6. The number of hydrogen-bond acceptors (Lipinski definition) is 0. The van der Waals surface area contributed by atoms with Crippen LogP contribution in [0.25, 0.3) is 0 Å². The molecule has 68 valence electrons. The molecule has 0 radical (unpaired) electrons. The van der Waals surface area contributed by atoms with Gasteiger partial charge in [-0.2, -0.15) is 0 Å². The molecule has 0 N–H and O–H groups in total. The Balaban J connectivity index is 4.86. The van der Waals surface area contributed by atoms with Gasteiger partial charge in [0.15, 0.2) is 0 Å². The van der Waals surface area contributed by atoms with Gasteiger partial charge in [0.1, 0.15) is 0 Å². The van der Waals surface area contributed by atoms with E-state index in [1.54, 1.807) is 0 Å². The molecule has 0 heterocycles. The predicted molar refractivity (Wildman–Crippen MR) is 57.2 cm³/mol. The van der Waals surface area contributed by atoms with Crippen molar-refractivity contribution >= 4 is 0 Å². The molecule has 0 amide bonds. The summed E-state index contributed by atoms with van der Waals surface area (Å²) >= 11 is 0. The van der Waals surface area contributed by atoms with Gasteiger partial charge in [0.05, 0.1) is 0 Å². The number of hydrogen-bond donors (Lipinski definition) is 0. The molecule has 12 heavy (non-hydrogen) atoms. The summed E-state index contributed by atoms with van der Waals surface area (Å²) in [5, 5.41) is 0. The van der Waals surface area contributed by atoms with E-state index in [4.69, 9.17) is 0 Å². The van der Waals surface area contributed by atoms with Crippen LogP contribution in [-0.4, -0.2) is 0 Å². The summed E-state index contributed by atoms with van der Waals surface area (Å²) in [6, 6.07) is 0. The predicted octanol–water partition coefficient (Wildman–Crippen LogP) is 4.26. The van der Waals surface area contributed by atoms with Gasteiger partial charge in [0.25, 0.3) is 0 Å². The van der Waals surface area contributed by atoms with Gasteiger partial charge in [0.2, 0.25) is 0 Å². The van der Waals surface area contributed by atoms with E-state index in [0.717, 1.165) is 0 Å². The summed E-state index contributed by atoms with van der Waals surface area (Å²) in [4.78, 5) is 0. The molecule has 0 fully saturated rings. The van der Waals surface area contributed by atoms with E-state index in [0.29, 0.717) is 0 Å². The lowest BCUT2D eigenvalue weighted by Gasteiger charge is -2.00. The fraction of sp³-hybridized carbons (Fsp3) is 0.500. The number of rotatable bonds is 2. The first-order chi connectivity index (χ1) is 5.43. The van der Waals surface area contributed by atoms with Crippen molar-refractivity contribution in [2.75, 3.05) is 0 Å². The maximum Gasteiger partial charge on any atom is -0.0272 e. The average molecular weight is 164 g/mol. The van der Waals surface area contributed by atoms with Crippen LogP contribution in [0.15, 0.2) is 34.4 Å². The smallest absolute Gasteiger partial charge is 0.0272 e. The first-order valence-corrected chi connectivity index (χ1v) is 4.40. The minimum absolute atomic E-state index is 1.34. The Morgan fingerprint density at radius 1 is 0.667 bits per heavy atom. The molecular weight excluding hydrogens is 144 g/mol. The highest BCUT2D eigenvalue weighted by Crippen LogP contribution is 2.11. The second-order valence-electron chi connectivity index (χ2n) is 3.90. The summed E-state index contributed by atoms with van der Waals surface area (Å²) < 4.78 is 0. The average Bonchev–Trinajstić information content (AvgIpc) is 1.83. The Labute approximate surface area is 76.7 Å². The molecule has 0 saturated heterocycles. The second kappa shape index (κ2) is 4.97. The first kappa shape index (κ1) is 11.2. The molecule has 0 heteroatoms. The normalized spacial score (nSPS) is 8.83. The lowest BCUT2D eigenvalue weighted by molar-refractivity contribution is 1.28. The molecule has 0 aromatic heterocycles. The van der Waals surface area contributed by atoms with E-state index in [9.17, 15) is 0 Å². The Morgan fingerprint density at radius 3 is 1.17 bits per heavy atom. The summed E-state index contributed by atoms with van der Waals surface area (Å²) in [6.45, 7) is 12.8. The molecular formula is C12H20. The van der Waals surface area contributed by atoms with Gasteiger partial charge >= 0.3 is 0 Å². The maximum atomic E-state index is 2.22. The highest BCUT2D eigenvalue weighted by atomic mass is 14.0. The van der Waals surface area contributed by atoms with E-state index in [1.165, 1.54) is 22.3 Å². The lowest BCUT2D eigenvalue weighted by atomic mass is 10.1. The van der Waals surface area contributed by atoms with Crippen LogP contribution in [0, 0.1) is 0 Å². The Kier molecular flexibility index (Phi) is 4.65. The topological polar surface area (TPSA) is 0 Å². The highest BCUT2D eigenvalue weighted by molar-refractivity contribution is 5.37.